The van der Waals surface area contributed by atoms with Crippen molar-refractivity contribution in [2.24, 2.45) is 4.99 Å². The minimum Gasteiger partial charge on any atom is -0.491 e. The molecule has 2 atom stereocenters. The van der Waals surface area contributed by atoms with Gasteiger partial charge in [-0.2, -0.15) is 0 Å². The minimum absolute atomic E-state index is 0.00947. The largest absolute Gasteiger partial charge is 0.491 e. The van der Waals surface area contributed by atoms with Gasteiger partial charge in [-0.15, -0.1) is 0 Å². The van der Waals surface area contributed by atoms with Gasteiger partial charge in [0.25, 0.3) is 5.91 Å². The number of rotatable bonds is 7. The van der Waals surface area contributed by atoms with Gasteiger partial charge < -0.3 is 14.3 Å². The second-order valence-electron chi connectivity index (χ2n) is 7.44. The van der Waals surface area contributed by atoms with E-state index in [0.29, 0.717) is 34.9 Å². The smallest absolute Gasteiger partial charge is 0.390 e. The molecule has 2 aromatic rings. The van der Waals surface area contributed by atoms with Crippen molar-refractivity contribution in [1.29, 1.82) is 0 Å². The predicted octanol–water partition coefficient (Wildman–Crippen LogP) is 1.14. The van der Waals surface area contributed by atoms with Gasteiger partial charge in [-0.3, -0.25) is 19.9 Å². The number of nitrogens with zero attached hydrogens (tertiary/aromatic N) is 4. The second kappa shape index (κ2) is 9.01. The van der Waals surface area contributed by atoms with Crippen LogP contribution in [0.3, 0.4) is 0 Å². The fourth-order valence-electron chi connectivity index (χ4n) is 3.51. The first kappa shape index (κ1) is 21.8. The predicted molar refractivity (Wildman–Crippen MR) is 116 cm³/mol. The number of β-amino-alcohol motifs (C(OH)–C–C–N with tert-alkyl or cyclic N) is 1. The lowest BCUT2D eigenvalue weighted by Gasteiger charge is -2.32. The van der Waals surface area contributed by atoms with Crippen LogP contribution in [0, 0.1) is 0 Å². The molecule has 2 N–H and O–H groups in total. The number of hydrogen-bond donors (Lipinski definition) is 2. The summed E-state index contributed by atoms with van der Waals surface area (Å²) < 4.78 is 12.6. The van der Waals surface area contributed by atoms with Crippen molar-refractivity contribution in [3.05, 3.63) is 53.4 Å². The summed E-state index contributed by atoms with van der Waals surface area (Å²) in [6.45, 7) is 0.360. The van der Waals surface area contributed by atoms with E-state index in [1.807, 2.05) is 0 Å². The van der Waals surface area contributed by atoms with Crippen molar-refractivity contribution in [1.82, 2.24) is 15.1 Å². The molecule has 2 unspecified atom stereocenters. The number of nitrogens with one attached hydrogen (secondary N) is 1. The van der Waals surface area contributed by atoms with Crippen LogP contribution in [0.15, 0.2) is 52.1 Å². The van der Waals surface area contributed by atoms with Gasteiger partial charge >= 0.3 is 12.0 Å². The standard InChI is InChI=1S/C21H22ClN5O5/c1-25-18-17(19(29)26(2)21(25)30)27(20(24-18)23-10-16-4-3-9-31-16)11-14(28)12-32-15-7-5-13(22)6-8-15/h3-9,14,17,28H,10-12H2,1-2H3/p+1. The fraction of sp³-hybridized carbons (Fsp3) is 0.333. The van der Waals surface area contributed by atoms with E-state index >= 15 is 0 Å². The molecule has 2 aliphatic rings. The van der Waals surface area contributed by atoms with Crippen molar-refractivity contribution in [2.75, 3.05) is 27.2 Å². The average molecular weight is 461 g/mol. The van der Waals surface area contributed by atoms with E-state index in [2.05, 4.69) is 10.3 Å². The number of likely N-dealkylation sites (N-methyl/N-ethyl adjacent to an activating group) is 2. The van der Waals surface area contributed by atoms with Crippen LogP contribution < -0.4 is 10.1 Å². The molecule has 11 heteroatoms. The molecule has 3 amide bonds. The van der Waals surface area contributed by atoms with Crippen LogP contribution in [-0.4, -0.2) is 82.6 Å². The number of carbonyl (C=O) groups is 2. The lowest BCUT2D eigenvalue weighted by atomic mass is 10.1. The molecule has 3 heterocycles. The second-order valence-corrected chi connectivity index (χ2v) is 7.88. The average Bonchev–Trinajstić information content (AvgIpc) is 3.42. The third kappa shape index (κ3) is 4.32. The van der Waals surface area contributed by atoms with Crippen LogP contribution in [0.4, 0.5) is 4.79 Å². The zero-order valence-electron chi connectivity index (χ0n) is 17.6. The minimum atomic E-state index is -0.943. The molecule has 0 spiro atoms. The summed E-state index contributed by atoms with van der Waals surface area (Å²) in [6, 6.07) is 9.05. The molecule has 0 bridgehead atoms. The van der Waals surface area contributed by atoms with E-state index in [0.717, 1.165) is 4.90 Å². The third-order valence-electron chi connectivity index (χ3n) is 5.20. The Morgan fingerprint density at radius 3 is 2.69 bits per heavy atom. The van der Waals surface area contributed by atoms with Gasteiger partial charge in [0.1, 0.15) is 30.8 Å². The van der Waals surface area contributed by atoms with Gasteiger partial charge in [0, 0.05) is 19.1 Å². The Hall–Kier alpha value is -3.37. The van der Waals surface area contributed by atoms with Crippen molar-refractivity contribution >= 4 is 35.3 Å². The normalized spacial score (nSPS) is 19.2. The maximum atomic E-state index is 12.9. The zero-order valence-corrected chi connectivity index (χ0v) is 18.3. The number of fused-ring (bicyclic) bond motifs is 1. The summed E-state index contributed by atoms with van der Waals surface area (Å²) in [7, 11) is 2.98. The van der Waals surface area contributed by atoms with E-state index in [4.69, 9.17) is 20.8 Å². The lowest BCUT2D eigenvalue weighted by molar-refractivity contribution is -0.545. The van der Waals surface area contributed by atoms with E-state index in [-0.39, 0.29) is 13.2 Å². The number of halogens is 1. The quantitative estimate of drug-likeness (QED) is 0.599. The van der Waals surface area contributed by atoms with Gasteiger partial charge in [0.2, 0.25) is 11.9 Å². The molecule has 168 valence electrons. The Morgan fingerprint density at radius 1 is 1.25 bits per heavy atom. The van der Waals surface area contributed by atoms with Gasteiger partial charge in [0.05, 0.1) is 12.8 Å². The van der Waals surface area contributed by atoms with Gasteiger partial charge in [-0.25, -0.2) is 9.37 Å². The molecule has 1 fully saturated rings. The lowest BCUT2D eigenvalue weighted by Crippen LogP contribution is -2.62. The van der Waals surface area contributed by atoms with Crippen molar-refractivity contribution < 1.29 is 28.4 Å². The summed E-state index contributed by atoms with van der Waals surface area (Å²) >= 11 is 5.88. The molecule has 2 aliphatic heterocycles. The molecular weight excluding hydrogens is 438 g/mol. The summed E-state index contributed by atoms with van der Waals surface area (Å²) in [5.74, 6) is 1.46. The number of guanidine groups is 1. The highest BCUT2D eigenvalue weighted by atomic mass is 35.5. The number of imide groups is 1. The Bertz CT molecular complexity index is 1070. The number of aliphatic imine (C=N–C) groups is 1. The Balaban J connectivity index is 1.53. The number of benzene rings is 1. The Kier molecular flexibility index (Phi) is 6.15. The molecule has 0 radical (unpaired) electrons. The topological polar surface area (TPSA) is 111 Å². The van der Waals surface area contributed by atoms with E-state index in [1.165, 1.54) is 11.9 Å². The number of furan rings is 1. The van der Waals surface area contributed by atoms with E-state index < -0.39 is 24.1 Å². The Labute approximate surface area is 189 Å². The van der Waals surface area contributed by atoms with Crippen molar-refractivity contribution in [3.8, 4) is 5.75 Å². The summed E-state index contributed by atoms with van der Waals surface area (Å²) in [5.41, 5.74) is 0. The zero-order chi connectivity index (χ0) is 22.8. The number of amidine groups is 1. The van der Waals surface area contributed by atoms with Crippen LogP contribution in [-0.2, 0) is 11.3 Å². The number of aliphatic hydroxyl groups excluding tert-OH is 1. The van der Waals surface area contributed by atoms with Crippen LogP contribution in [0.2, 0.25) is 5.02 Å². The highest BCUT2D eigenvalue weighted by molar-refractivity contribution is 6.30. The van der Waals surface area contributed by atoms with E-state index in [1.54, 1.807) is 54.3 Å². The van der Waals surface area contributed by atoms with Crippen molar-refractivity contribution in [2.45, 2.75) is 18.7 Å². The highest BCUT2D eigenvalue weighted by Crippen LogP contribution is 2.20. The molecule has 1 aromatic heterocycles. The van der Waals surface area contributed by atoms with Crippen LogP contribution in [0.1, 0.15) is 5.76 Å². The summed E-state index contributed by atoms with van der Waals surface area (Å²) in [4.78, 5) is 32.1. The first-order valence-electron chi connectivity index (χ1n) is 9.95. The van der Waals surface area contributed by atoms with Gasteiger partial charge in [0.15, 0.2) is 0 Å². The fourth-order valence-corrected chi connectivity index (χ4v) is 3.64. The molecule has 0 aliphatic carbocycles. The first-order valence-corrected chi connectivity index (χ1v) is 10.3. The maximum Gasteiger partial charge on any atom is 0.390 e. The molecule has 4 rings (SSSR count). The van der Waals surface area contributed by atoms with Crippen LogP contribution in [0.5, 0.6) is 5.75 Å². The molecule has 1 aromatic carbocycles. The molecule has 0 saturated carbocycles. The van der Waals surface area contributed by atoms with E-state index in [9.17, 15) is 14.7 Å². The molecule has 1 saturated heterocycles. The molecule has 32 heavy (non-hydrogen) atoms. The maximum absolute atomic E-state index is 12.9. The van der Waals surface area contributed by atoms with Crippen LogP contribution in [0.25, 0.3) is 0 Å². The number of aliphatic hydroxyl groups is 1. The molecule has 10 nitrogen and oxygen atoms in total. The van der Waals surface area contributed by atoms with Crippen LogP contribution >= 0.6 is 11.6 Å². The number of carbonyl (C=O) groups excluding carboxylic acids is 2. The van der Waals surface area contributed by atoms with Gasteiger partial charge in [-0.1, -0.05) is 16.6 Å². The number of hydrogen-bond acceptors (Lipinski definition) is 7. The third-order valence-corrected chi connectivity index (χ3v) is 5.45. The first-order chi connectivity index (χ1) is 15.3. The monoisotopic (exact) mass is 460 g/mol. The Morgan fingerprint density at radius 2 is 2.00 bits per heavy atom. The number of ether oxygens (including phenoxy) is 1. The SMILES string of the molecule is CN1C(=O)C2C(=NC(NCc3ccco3)=[N+]2CC(O)COc2ccc(Cl)cc2)N(C)C1=O. The van der Waals surface area contributed by atoms with Gasteiger partial charge in [-0.05, 0) is 36.4 Å². The molecular formula is C21H23ClN5O5+. The number of urea groups is 1. The highest BCUT2D eigenvalue weighted by Gasteiger charge is 2.51. The van der Waals surface area contributed by atoms with Crippen molar-refractivity contribution in [3.63, 3.8) is 0 Å². The summed E-state index contributed by atoms with van der Waals surface area (Å²) in [5, 5.41) is 14.4. The summed E-state index contributed by atoms with van der Waals surface area (Å²) in [6.07, 6.45) is 0.615. The number of amides is 3.